The van der Waals surface area contributed by atoms with Crippen molar-refractivity contribution < 1.29 is 19.5 Å². The maximum absolute atomic E-state index is 13.6. The first-order chi connectivity index (χ1) is 18.4. The number of benzene rings is 3. The molecule has 0 saturated heterocycles. The number of carboxylic acids is 1. The molecule has 190 valence electrons. The van der Waals surface area contributed by atoms with E-state index < -0.39 is 17.1 Å². The molecule has 0 radical (unpaired) electrons. The van der Waals surface area contributed by atoms with Gasteiger partial charge in [-0.15, -0.1) is 23.1 Å². The zero-order chi connectivity index (χ0) is 26.9. The number of nitrogens with zero attached hydrogens (tertiary/aromatic N) is 1. The molecular weight excluding hydrogens is 518 g/mol. The van der Waals surface area contributed by atoms with E-state index in [4.69, 9.17) is 5.11 Å². The van der Waals surface area contributed by atoms with Crippen molar-refractivity contribution in [1.29, 1.82) is 5.26 Å². The quantitative estimate of drug-likeness (QED) is 0.196. The van der Waals surface area contributed by atoms with Crippen molar-refractivity contribution in [2.75, 3.05) is 10.6 Å². The maximum Gasteiger partial charge on any atom is 0.303 e. The van der Waals surface area contributed by atoms with Crippen molar-refractivity contribution in [3.8, 4) is 17.2 Å². The van der Waals surface area contributed by atoms with Gasteiger partial charge in [-0.25, -0.2) is 0 Å². The summed E-state index contributed by atoms with van der Waals surface area (Å²) in [5.74, 6) is -1.72. The van der Waals surface area contributed by atoms with Crippen molar-refractivity contribution in [1.82, 2.24) is 0 Å². The minimum Gasteiger partial charge on any atom is -0.481 e. The van der Waals surface area contributed by atoms with Crippen LogP contribution in [0.25, 0.3) is 11.1 Å². The van der Waals surface area contributed by atoms with Gasteiger partial charge in [-0.1, -0.05) is 66.7 Å². The summed E-state index contributed by atoms with van der Waals surface area (Å²) in [6, 6.07) is 28.1. The van der Waals surface area contributed by atoms with Gasteiger partial charge >= 0.3 is 5.97 Å². The Hall–Kier alpha value is -4.39. The summed E-state index contributed by atoms with van der Waals surface area (Å²) in [5.41, 5.74) is 3.37. The number of thiophene rings is 1. The van der Waals surface area contributed by atoms with Crippen LogP contribution in [-0.2, 0) is 14.4 Å². The number of hydrogen-bond donors (Lipinski definition) is 3. The number of anilines is 2. The van der Waals surface area contributed by atoms with Gasteiger partial charge in [0.2, 0.25) is 11.8 Å². The van der Waals surface area contributed by atoms with Crippen LogP contribution in [0.2, 0.25) is 0 Å². The third-order valence-electron chi connectivity index (χ3n) is 5.50. The summed E-state index contributed by atoms with van der Waals surface area (Å²) in [4.78, 5) is 37.1. The lowest BCUT2D eigenvalue weighted by Crippen LogP contribution is -2.19. The summed E-state index contributed by atoms with van der Waals surface area (Å²) in [7, 11) is 0. The third-order valence-corrected chi connectivity index (χ3v) is 7.65. The number of hydrogen-bond acceptors (Lipinski definition) is 6. The van der Waals surface area contributed by atoms with Crippen molar-refractivity contribution in [2.45, 2.75) is 23.0 Å². The predicted octanol–water partition coefficient (Wildman–Crippen LogP) is 6.56. The fourth-order valence-corrected chi connectivity index (χ4v) is 5.70. The topological polar surface area (TPSA) is 119 Å². The molecule has 0 fully saturated rings. The highest BCUT2D eigenvalue weighted by atomic mass is 32.2. The molecule has 0 bridgehead atoms. The molecule has 0 aliphatic carbocycles. The van der Waals surface area contributed by atoms with E-state index in [1.165, 1.54) is 23.1 Å². The third kappa shape index (κ3) is 6.88. The average Bonchev–Trinajstić information content (AvgIpc) is 3.34. The lowest BCUT2D eigenvalue weighted by atomic mass is 10.1. The zero-order valence-corrected chi connectivity index (χ0v) is 21.7. The molecule has 1 heterocycles. The highest BCUT2D eigenvalue weighted by molar-refractivity contribution is 8.00. The van der Waals surface area contributed by atoms with Crippen LogP contribution in [0.1, 0.15) is 29.2 Å². The van der Waals surface area contributed by atoms with Crippen LogP contribution in [0.15, 0.2) is 95.2 Å². The molecule has 0 aliphatic heterocycles. The first kappa shape index (κ1) is 26.7. The van der Waals surface area contributed by atoms with Crippen LogP contribution < -0.4 is 10.6 Å². The zero-order valence-electron chi connectivity index (χ0n) is 20.1. The number of carbonyl (C=O) groups excluding carboxylic acids is 2. The van der Waals surface area contributed by atoms with Crippen LogP contribution in [-0.4, -0.2) is 22.9 Å². The number of aliphatic carboxylic acids is 1. The van der Waals surface area contributed by atoms with Crippen LogP contribution in [0, 0.1) is 11.3 Å². The molecule has 0 saturated carbocycles. The van der Waals surface area contributed by atoms with Gasteiger partial charge in [-0.3, -0.25) is 14.4 Å². The fraction of sp³-hybridized carbons (Fsp3) is 0.103. The van der Waals surface area contributed by atoms with Gasteiger partial charge < -0.3 is 15.7 Å². The summed E-state index contributed by atoms with van der Waals surface area (Å²) in [5, 5.41) is 26.0. The van der Waals surface area contributed by atoms with Crippen molar-refractivity contribution in [3.05, 3.63) is 101 Å². The molecule has 38 heavy (non-hydrogen) atoms. The van der Waals surface area contributed by atoms with E-state index in [0.717, 1.165) is 21.6 Å². The Morgan fingerprint density at radius 3 is 2.32 bits per heavy atom. The lowest BCUT2D eigenvalue weighted by Gasteiger charge is -2.17. The molecule has 7 nitrogen and oxygen atoms in total. The van der Waals surface area contributed by atoms with Gasteiger partial charge in [0.1, 0.15) is 16.3 Å². The van der Waals surface area contributed by atoms with Crippen molar-refractivity contribution in [3.63, 3.8) is 0 Å². The number of rotatable bonds is 10. The number of carboxylic acid groups (broad SMARTS) is 1. The minimum atomic E-state index is -1.04. The normalized spacial score (nSPS) is 11.2. The number of thioether (sulfide) groups is 1. The van der Waals surface area contributed by atoms with E-state index in [1.807, 2.05) is 72.1 Å². The van der Waals surface area contributed by atoms with E-state index in [-0.39, 0.29) is 18.7 Å². The van der Waals surface area contributed by atoms with Gasteiger partial charge in [0, 0.05) is 27.9 Å². The van der Waals surface area contributed by atoms with Gasteiger partial charge in [-0.2, -0.15) is 5.26 Å². The van der Waals surface area contributed by atoms with Gasteiger partial charge in [0.15, 0.2) is 0 Å². The molecule has 3 aromatic carbocycles. The molecule has 1 atom stereocenters. The van der Waals surface area contributed by atoms with Crippen LogP contribution in [0.5, 0.6) is 0 Å². The van der Waals surface area contributed by atoms with Crippen molar-refractivity contribution >= 4 is 51.6 Å². The van der Waals surface area contributed by atoms with E-state index in [9.17, 15) is 19.6 Å². The van der Waals surface area contributed by atoms with Crippen molar-refractivity contribution in [2.24, 2.45) is 0 Å². The molecule has 1 unspecified atom stereocenters. The Labute approximate surface area is 228 Å². The number of amides is 2. The summed E-state index contributed by atoms with van der Waals surface area (Å²) in [6.07, 6.45) is -0.384. The summed E-state index contributed by atoms with van der Waals surface area (Å²) < 4.78 is 0. The Kier molecular flexibility index (Phi) is 8.93. The first-order valence-corrected chi connectivity index (χ1v) is 13.4. The van der Waals surface area contributed by atoms with E-state index in [1.54, 1.807) is 18.2 Å². The highest BCUT2D eigenvalue weighted by Crippen LogP contribution is 2.40. The predicted molar refractivity (Wildman–Crippen MR) is 150 cm³/mol. The molecule has 2 amide bonds. The van der Waals surface area contributed by atoms with Crippen LogP contribution in [0.4, 0.5) is 10.7 Å². The average molecular weight is 542 g/mol. The molecule has 4 aromatic rings. The molecule has 3 N–H and O–H groups in total. The Bertz CT molecular complexity index is 1480. The number of nitriles is 1. The molecular formula is C29H23N3O4S2. The molecule has 4 rings (SSSR count). The smallest absolute Gasteiger partial charge is 0.303 e. The van der Waals surface area contributed by atoms with E-state index in [2.05, 4.69) is 16.7 Å². The largest absolute Gasteiger partial charge is 0.481 e. The molecule has 0 spiro atoms. The maximum atomic E-state index is 13.6. The van der Waals surface area contributed by atoms with Crippen LogP contribution in [0.3, 0.4) is 0 Å². The summed E-state index contributed by atoms with van der Waals surface area (Å²) in [6.45, 7) is 0. The second-order valence-electron chi connectivity index (χ2n) is 8.20. The molecule has 1 aromatic heterocycles. The van der Waals surface area contributed by atoms with Crippen LogP contribution >= 0.6 is 23.1 Å². The SMILES string of the molecule is N#Cc1c(-c2ccccc2)csc1NC(=O)C(Sc1cccc(NC(=O)CCC(=O)O)c1)c1ccccc1. The summed E-state index contributed by atoms with van der Waals surface area (Å²) >= 11 is 2.62. The monoisotopic (exact) mass is 541 g/mol. The van der Waals surface area contributed by atoms with Gasteiger partial charge in [-0.05, 0) is 29.3 Å². The fourth-order valence-electron chi connectivity index (χ4n) is 3.70. The number of nitrogens with one attached hydrogen (secondary N) is 2. The highest BCUT2D eigenvalue weighted by Gasteiger charge is 2.25. The molecule has 0 aliphatic rings. The van der Waals surface area contributed by atoms with E-state index in [0.29, 0.717) is 16.3 Å². The standard InChI is InChI=1S/C29H23N3O4S2/c30-17-23-24(19-8-3-1-4-9-19)18-37-29(23)32-28(36)27(20-10-5-2-6-11-20)38-22-13-7-12-21(16-22)31-25(33)14-15-26(34)35/h1-13,16,18,27H,14-15H2,(H,31,33)(H,32,36)(H,34,35). The molecule has 9 heteroatoms. The van der Waals surface area contributed by atoms with Gasteiger partial charge in [0.05, 0.1) is 12.0 Å². The lowest BCUT2D eigenvalue weighted by molar-refractivity contribution is -0.138. The number of carbonyl (C=O) groups is 3. The Balaban J connectivity index is 1.56. The Morgan fingerprint density at radius 1 is 0.921 bits per heavy atom. The second kappa shape index (κ2) is 12.7. The van der Waals surface area contributed by atoms with Gasteiger partial charge in [0.25, 0.3) is 0 Å². The second-order valence-corrected chi connectivity index (χ2v) is 10.3. The minimum absolute atomic E-state index is 0.130. The van der Waals surface area contributed by atoms with E-state index >= 15 is 0 Å². The Morgan fingerprint density at radius 2 is 1.63 bits per heavy atom. The first-order valence-electron chi connectivity index (χ1n) is 11.7.